The van der Waals surface area contributed by atoms with Crippen LogP contribution in [0.5, 0.6) is 0 Å². The molecule has 0 aliphatic carbocycles. The molecule has 1 aliphatic rings. The van der Waals surface area contributed by atoms with Gasteiger partial charge in [-0.15, -0.1) is 0 Å². The molecule has 1 rings (SSSR count). The van der Waals surface area contributed by atoms with Gasteiger partial charge in [-0.2, -0.15) is 0 Å². The Hall–Kier alpha value is -1.10. The van der Waals surface area contributed by atoms with Crippen LogP contribution in [-0.2, 0) is 9.59 Å². The molecule has 1 aliphatic heterocycles. The molecule has 0 aromatic rings. The number of carbonyl (C=O) groups excluding carboxylic acids is 2. The van der Waals surface area contributed by atoms with Crippen molar-refractivity contribution in [3.63, 3.8) is 0 Å². The van der Waals surface area contributed by atoms with Crippen molar-refractivity contribution in [1.82, 2.24) is 15.5 Å². The van der Waals surface area contributed by atoms with E-state index in [4.69, 9.17) is 0 Å². The standard InChI is InChI=1S/C15H29N3O2/c1-3-4-9-17-15(20)13(2)16-10-8-14(19)18-11-6-5-7-12-18/h13,16H,3-12H2,1-2H3,(H,17,20). The van der Waals surface area contributed by atoms with Crippen LogP contribution in [0.2, 0.25) is 0 Å². The van der Waals surface area contributed by atoms with Crippen molar-refractivity contribution >= 4 is 11.8 Å². The molecule has 0 radical (unpaired) electrons. The number of hydrogen-bond acceptors (Lipinski definition) is 3. The second-order valence-electron chi connectivity index (χ2n) is 5.51. The molecule has 0 saturated carbocycles. The minimum absolute atomic E-state index is 0.0175. The van der Waals surface area contributed by atoms with Crippen LogP contribution >= 0.6 is 0 Å². The molecule has 0 aromatic carbocycles. The number of amides is 2. The average molecular weight is 283 g/mol. The number of unbranched alkanes of at least 4 members (excludes halogenated alkanes) is 1. The summed E-state index contributed by atoms with van der Waals surface area (Å²) in [4.78, 5) is 25.6. The molecule has 1 fully saturated rings. The van der Waals surface area contributed by atoms with Crippen molar-refractivity contribution in [2.24, 2.45) is 0 Å². The fourth-order valence-electron chi connectivity index (χ4n) is 2.33. The first kappa shape index (κ1) is 17.0. The molecule has 5 heteroatoms. The highest BCUT2D eigenvalue weighted by atomic mass is 16.2. The summed E-state index contributed by atoms with van der Waals surface area (Å²) in [6, 6.07) is -0.235. The summed E-state index contributed by atoms with van der Waals surface area (Å²) >= 11 is 0. The fourth-order valence-corrected chi connectivity index (χ4v) is 2.33. The van der Waals surface area contributed by atoms with Gasteiger partial charge in [0.05, 0.1) is 6.04 Å². The highest BCUT2D eigenvalue weighted by Crippen LogP contribution is 2.09. The van der Waals surface area contributed by atoms with Gasteiger partial charge in [-0.25, -0.2) is 0 Å². The molecule has 20 heavy (non-hydrogen) atoms. The fraction of sp³-hybridized carbons (Fsp3) is 0.867. The Bertz CT molecular complexity index is 301. The van der Waals surface area contributed by atoms with Gasteiger partial charge in [-0.3, -0.25) is 9.59 Å². The molecule has 0 bridgehead atoms. The second-order valence-corrected chi connectivity index (χ2v) is 5.51. The number of nitrogens with one attached hydrogen (secondary N) is 2. The molecule has 5 nitrogen and oxygen atoms in total. The topological polar surface area (TPSA) is 61.4 Å². The van der Waals surface area contributed by atoms with E-state index in [2.05, 4.69) is 17.6 Å². The number of nitrogens with zero attached hydrogens (tertiary/aromatic N) is 1. The third kappa shape index (κ3) is 6.37. The molecule has 2 N–H and O–H groups in total. The molecular weight excluding hydrogens is 254 g/mol. The lowest BCUT2D eigenvalue weighted by Crippen LogP contribution is -2.44. The van der Waals surface area contributed by atoms with E-state index in [1.807, 2.05) is 11.8 Å². The van der Waals surface area contributed by atoms with Crippen molar-refractivity contribution in [2.45, 2.75) is 58.4 Å². The van der Waals surface area contributed by atoms with Crippen molar-refractivity contribution in [3.8, 4) is 0 Å². The van der Waals surface area contributed by atoms with Gasteiger partial charge >= 0.3 is 0 Å². The lowest BCUT2D eigenvalue weighted by Gasteiger charge is -2.27. The van der Waals surface area contributed by atoms with E-state index in [0.717, 1.165) is 45.3 Å². The van der Waals surface area contributed by atoms with Gasteiger partial charge < -0.3 is 15.5 Å². The van der Waals surface area contributed by atoms with Crippen molar-refractivity contribution in [3.05, 3.63) is 0 Å². The third-order valence-electron chi connectivity index (χ3n) is 3.72. The van der Waals surface area contributed by atoms with Gasteiger partial charge in [0.25, 0.3) is 0 Å². The van der Waals surface area contributed by atoms with E-state index in [9.17, 15) is 9.59 Å². The number of carbonyl (C=O) groups is 2. The quantitative estimate of drug-likeness (QED) is 0.660. The first-order valence-electron chi connectivity index (χ1n) is 7.94. The number of likely N-dealkylation sites (tertiary alicyclic amines) is 1. The smallest absolute Gasteiger partial charge is 0.236 e. The summed E-state index contributed by atoms with van der Waals surface area (Å²) in [5.41, 5.74) is 0. The zero-order valence-corrected chi connectivity index (χ0v) is 12.9. The first-order chi connectivity index (χ1) is 9.65. The zero-order chi connectivity index (χ0) is 14.8. The van der Waals surface area contributed by atoms with Crippen LogP contribution in [0, 0.1) is 0 Å². The third-order valence-corrected chi connectivity index (χ3v) is 3.72. The summed E-state index contributed by atoms with van der Waals surface area (Å²) < 4.78 is 0. The van der Waals surface area contributed by atoms with E-state index >= 15 is 0 Å². The minimum atomic E-state index is -0.235. The number of piperidine rings is 1. The molecule has 1 saturated heterocycles. The van der Waals surface area contributed by atoms with Gasteiger partial charge in [0.1, 0.15) is 0 Å². The van der Waals surface area contributed by atoms with Crippen LogP contribution in [-0.4, -0.2) is 48.9 Å². The maximum absolute atomic E-state index is 11.9. The Morgan fingerprint density at radius 2 is 1.85 bits per heavy atom. The van der Waals surface area contributed by atoms with Gasteiger partial charge in [0.15, 0.2) is 0 Å². The Morgan fingerprint density at radius 1 is 1.15 bits per heavy atom. The Balaban J connectivity index is 2.12. The van der Waals surface area contributed by atoms with E-state index in [0.29, 0.717) is 13.0 Å². The maximum Gasteiger partial charge on any atom is 0.236 e. The molecule has 1 atom stereocenters. The Labute approximate surface area is 122 Å². The summed E-state index contributed by atoms with van der Waals surface area (Å²) in [5, 5.41) is 6.01. The van der Waals surface area contributed by atoms with Crippen LogP contribution in [0.3, 0.4) is 0 Å². The van der Waals surface area contributed by atoms with Crippen LogP contribution in [0.4, 0.5) is 0 Å². The van der Waals surface area contributed by atoms with Gasteiger partial charge in [-0.05, 0) is 32.6 Å². The summed E-state index contributed by atoms with van der Waals surface area (Å²) in [7, 11) is 0. The van der Waals surface area contributed by atoms with E-state index in [-0.39, 0.29) is 17.9 Å². The van der Waals surface area contributed by atoms with Crippen LogP contribution in [0.15, 0.2) is 0 Å². The van der Waals surface area contributed by atoms with Crippen molar-refractivity contribution in [2.75, 3.05) is 26.2 Å². The largest absolute Gasteiger partial charge is 0.355 e. The van der Waals surface area contributed by atoms with E-state index in [1.165, 1.54) is 6.42 Å². The Kier molecular flexibility index (Phi) is 8.26. The molecule has 116 valence electrons. The summed E-state index contributed by atoms with van der Waals surface area (Å²) in [5.74, 6) is 0.222. The van der Waals surface area contributed by atoms with E-state index in [1.54, 1.807) is 0 Å². The lowest BCUT2D eigenvalue weighted by atomic mass is 10.1. The van der Waals surface area contributed by atoms with Gasteiger partial charge in [0.2, 0.25) is 11.8 Å². The van der Waals surface area contributed by atoms with Crippen molar-refractivity contribution < 1.29 is 9.59 Å². The lowest BCUT2D eigenvalue weighted by molar-refractivity contribution is -0.132. The summed E-state index contributed by atoms with van der Waals surface area (Å²) in [6.45, 7) is 7.02. The minimum Gasteiger partial charge on any atom is -0.355 e. The number of rotatable bonds is 8. The van der Waals surface area contributed by atoms with Crippen LogP contribution < -0.4 is 10.6 Å². The molecule has 0 spiro atoms. The predicted molar refractivity (Wildman–Crippen MR) is 80.4 cm³/mol. The molecule has 2 amide bonds. The number of hydrogen-bond donors (Lipinski definition) is 2. The van der Waals surface area contributed by atoms with Gasteiger partial charge in [0, 0.05) is 32.6 Å². The maximum atomic E-state index is 11.9. The summed E-state index contributed by atoms with van der Waals surface area (Å²) in [6.07, 6.45) is 6.03. The Morgan fingerprint density at radius 3 is 2.50 bits per heavy atom. The van der Waals surface area contributed by atoms with E-state index < -0.39 is 0 Å². The molecular formula is C15H29N3O2. The molecule has 1 heterocycles. The zero-order valence-electron chi connectivity index (χ0n) is 12.9. The van der Waals surface area contributed by atoms with Gasteiger partial charge in [-0.1, -0.05) is 13.3 Å². The SMILES string of the molecule is CCCCNC(=O)C(C)NCCC(=O)N1CCCCC1. The van der Waals surface area contributed by atoms with Crippen molar-refractivity contribution in [1.29, 1.82) is 0 Å². The first-order valence-corrected chi connectivity index (χ1v) is 7.94. The molecule has 0 aromatic heterocycles. The predicted octanol–water partition coefficient (Wildman–Crippen LogP) is 1.28. The van der Waals surface area contributed by atoms with Crippen LogP contribution in [0.1, 0.15) is 52.4 Å². The monoisotopic (exact) mass is 283 g/mol. The highest BCUT2D eigenvalue weighted by molar-refractivity contribution is 5.81. The normalized spacial score (nSPS) is 16.8. The highest BCUT2D eigenvalue weighted by Gasteiger charge is 2.17. The van der Waals surface area contributed by atoms with Crippen LogP contribution in [0.25, 0.3) is 0 Å². The average Bonchev–Trinajstić information content (AvgIpc) is 2.48. The second kappa shape index (κ2) is 9.75. The molecule has 1 unspecified atom stereocenters.